The first kappa shape index (κ1) is 23.4. The molecular formula is C28H30N2O4. The van der Waals surface area contributed by atoms with Crippen LogP contribution in [0.4, 0.5) is 4.79 Å². The fourth-order valence-electron chi connectivity index (χ4n) is 4.46. The highest BCUT2D eigenvalue weighted by Gasteiger charge is 2.38. The first-order valence-corrected chi connectivity index (χ1v) is 11.5. The van der Waals surface area contributed by atoms with Crippen molar-refractivity contribution in [1.82, 2.24) is 10.2 Å². The molecule has 0 unspecified atom stereocenters. The molecule has 0 atom stereocenters. The van der Waals surface area contributed by atoms with Crippen molar-refractivity contribution in [3.05, 3.63) is 102 Å². The Morgan fingerprint density at radius 3 is 2.18 bits per heavy atom. The third-order valence-corrected chi connectivity index (χ3v) is 6.51. The minimum Gasteiger partial charge on any atom is -0.496 e. The number of para-hydroxylation sites is 1. The first-order valence-electron chi connectivity index (χ1n) is 11.5. The van der Waals surface area contributed by atoms with Crippen LogP contribution in [0.15, 0.2) is 84.9 Å². The number of nitrogens with zero attached hydrogens (tertiary/aromatic N) is 1. The van der Waals surface area contributed by atoms with Crippen LogP contribution in [0.3, 0.4) is 0 Å². The van der Waals surface area contributed by atoms with Gasteiger partial charge in [0.25, 0.3) is 5.91 Å². The summed E-state index contributed by atoms with van der Waals surface area (Å²) in [6, 6.07) is 27.1. The fraction of sp³-hybridized carbons (Fsp3) is 0.286. The average molecular weight is 459 g/mol. The largest absolute Gasteiger partial charge is 0.496 e. The molecular weight excluding hydrogens is 428 g/mol. The molecule has 6 heteroatoms. The first-order chi connectivity index (χ1) is 16.6. The Labute approximate surface area is 200 Å². The molecule has 2 amide bonds. The standard InChI is InChI=1S/C28H30N2O4/c1-33-25-15-9-8-14-24(25)26(31)29-21-28(23-12-6-3-7-13-23)16-18-30(19-17-28)27(32)34-20-22-10-4-2-5-11-22/h2-15H,16-21H2,1H3,(H,29,31). The molecule has 0 aliphatic carbocycles. The number of nitrogens with one attached hydrogen (secondary N) is 1. The molecule has 4 rings (SSSR count). The number of hydrogen-bond acceptors (Lipinski definition) is 4. The van der Waals surface area contributed by atoms with E-state index >= 15 is 0 Å². The Morgan fingerprint density at radius 2 is 1.50 bits per heavy atom. The van der Waals surface area contributed by atoms with Crippen LogP contribution in [-0.2, 0) is 16.8 Å². The summed E-state index contributed by atoms with van der Waals surface area (Å²) in [5.41, 5.74) is 2.36. The summed E-state index contributed by atoms with van der Waals surface area (Å²) in [6.07, 6.45) is 1.15. The van der Waals surface area contributed by atoms with Crippen LogP contribution in [0.25, 0.3) is 0 Å². The molecule has 3 aromatic rings. The van der Waals surface area contributed by atoms with Gasteiger partial charge in [-0.3, -0.25) is 4.79 Å². The van der Waals surface area contributed by atoms with E-state index in [-0.39, 0.29) is 24.0 Å². The van der Waals surface area contributed by atoms with Crippen LogP contribution < -0.4 is 10.1 Å². The zero-order chi connectivity index (χ0) is 23.8. The van der Waals surface area contributed by atoms with E-state index in [4.69, 9.17) is 9.47 Å². The van der Waals surface area contributed by atoms with Crippen LogP contribution in [0.1, 0.15) is 34.3 Å². The molecule has 1 heterocycles. The highest BCUT2D eigenvalue weighted by Crippen LogP contribution is 2.35. The van der Waals surface area contributed by atoms with Crippen molar-refractivity contribution >= 4 is 12.0 Å². The van der Waals surface area contributed by atoms with Gasteiger partial charge >= 0.3 is 6.09 Å². The van der Waals surface area contributed by atoms with E-state index in [1.54, 1.807) is 24.1 Å². The van der Waals surface area contributed by atoms with Gasteiger partial charge in [0.15, 0.2) is 0 Å². The van der Waals surface area contributed by atoms with Crippen molar-refractivity contribution in [3.63, 3.8) is 0 Å². The summed E-state index contributed by atoms with van der Waals surface area (Å²) in [5.74, 6) is 0.377. The summed E-state index contributed by atoms with van der Waals surface area (Å²) in [6.45, 7) is 1.86. The maximum Gasteiger partial charge on any atom is 0.410 e. The van der Waals surface area contributed by atoms with Crippen LogP contribution in [0, 0.1) is 0 Å². The molecule has 1 aliphatic heterocycles. The van der Waals surface area contributed by atoms with E-state index < -0.39 is 0 Å². The normalized spacial score (nSPS) is 14.8. The van der Waals surface area contributed by atoms with Gasteiger partial charge < -0.3 is 19.7 Å². The van der Waals surface area contributed by atoms with E-state index in [2.05, 4.69) is 17.4 Å². The summed E-state index contributed by atoms with van der Waals surface area (Å²) in [4.78, 5) is 27.4. The highest BCUT2D eigenvalue weighted by atomic mass is 16.6. The monoisotopic (exact) mass is 458 g/mol. The molecule has 1 fully saturated rings. The molecule has 0 saturated carbocycles. The Kier molecular flexibility index (Phi) is 7.48. The zero-order valence-electron chi connectivity index (χ0n) is 19.4. The number of hydrogen-bond donors (Lipinski definition) is 1. The predicted molar refractivity (Wildman–Crippen MR) is 131 cm³/mol. The Bertz CT molecular complexity index is 1090. The third-order valence-electron chi connectivity index (χ3n) is 6.51. The Hall–Kier alpha value is -3.80. The van der Waals surface area contributed by atoms with Crippen LogP contribution in [0.2, 0.25) is 0 Å². The van der Waals surface area contributed by atoms with E-state index in [1.165, 1.54) is 0 Å². The number of piperidine rings is 1. The SMILES string of the molecule is COc1ccccc1C(=O)NCC1(c2ccccc2)CCN(C(=O)OCc2ccccc2)CC1. The molecule has 3 aromatic carbocycles. The number of ether oxygens (including phenoxy) is 2. The minimum absolute atomic E-state index is 0.169. The van der Waals surface area contributed by atoms with E-state index in [0.717, 1.165) is 24.0 Å². The van der Waals surface area contributed by atoms with Crippen molar-refractivity contribution in [2.24, 2.45) is 0 Å². The molecule has 1 aliphatic rings. The lowest BCUT2D eigenvalue weighted by Gasteiger charge is -2.42. The minimum atomic E-state index is -0.302. The quantitative estimate of drug-likeness (QED) is 0.553. The van der Waals surface area contributed by atoms with Gasteiger partial charge in [-0.05, 0) is 36.1 Å². The van der Waals surface area contributed by atoms with E-state index in [9.17, 15) is 9.59 Å². The van der Waals surface area contributed by atoms with Gasteiger partial charge in [0, 0.05) is 25.0 Å². The topological polar surface area (TPSA) is 67.9 Å². The van der Waals surface area contributed by atoms with Crippen molar-refractivity contribution in [1.29, 1.82) is 0 Å². The second-order valence-corrected chi connectivity index (χ2v) is 8.56. The molecule has 176 valence electrons. The van der Waals surface area contributed by atoms with Gasteiger partial charge in [-0.2, -0.15) is 0 Å². The lowest BCUT2D eigenvalue weighted by Crippen LogP contribution is -2.50. The van der Waals surface area contributed by atoms with E-state index in [0.29, 0.717) is 30.9 Å². The number of rotatable bonds is 7. The predicted octanol–water partition coefficient (Wildman–Crippen LogP) is 4.80. The molecule has 0 radical (unpaired) electrons. The number of likely N-dealkylation sites (tertiary alicyclic amines) is 1. The van der Waals surface area contributed by atoms with Gasteiger partial charge in [-0.1, -0.05) is 72.8 Å². The average Bonchev–Trinajstić information content (AvgIpc) is 2.91. The maximum absolute atomic E-state index is 13.0. The van der Waals surface area contributed by atoms with E-state index in [1.807, 2.05) is 60.7 Å². The molecule has 1 saturated heterocycles. The van der Waals surface area contributed by atoms with Gasteiger partial charge in [0.05, 0.1) is 12.7 Å². The Balaban J connectivity index is 1.42. The van der Waals surface area contributed by atoms with Crippen LogP contribution in [0.5, 0.6) is 5.75 Å². The molecule has 0 bridgehead atoms. The summed E-state index contributed by atoms with van der Waals surface area (Å²) < 4.78 is 10.9. The molecule has 6 nitrogen and oxygen atoms in total. The Morgan fingerprint density at radius 1 is 0.882 bits per heavy atom. The van der Waals surface area contributed by atoms with Gasteiger partial charge in [0.1, 0.15) is 12.4 Å². The highest BCUT2D eigenvalue weighted by molar-refractivity contribution is 5.97. The lowest BCUT2D eigenvalue weighted by molar-refractivity contribution is 0.0747. The molecule has 34 heavy (non-hydrogen) atoms. The lowest BCUT2D eigenvalue weighted by atomic mass is 9.72. The van der Waals surface area contributed by atoms with Crippen molar-refractivity contribution in [2.45, 2.75) is 24.9 Å². The number of methoxy groups -OCH3 is 1. The number of benzene rings is 3. The van der Waals surface area contributed by atoms with Crippen molar-refractivity contribution in [3.8, 4) is 5.75 Å². The maximum atomic E-state index is 13.0. The van der Waals surface area contributed by atoms with Gasteiger partial charge in [-0.25, -0.2) is 4.79 Å². The smallest absolute Gasteiger partial charge is 0.410 e. The fourth-order valence-corrected chi connectivity index (χ4v) is 4.46. The zero-order valence-corrected chi connectivity index (χ0v) is 19.4. The number of amides is 2. The summed E-state index contributed by atoms with van der Waals surface area (Å²) >= 11 is 0. The number of carbonyl (C=O) groups excluding carboxylic acids is 2. The van der Waals surface area contributed by atoms with Crippen LogP contribution in [-0.4, -0.2) is 43.6 Å². The van der Waals surface area contributed by atoms with Gasteiger partial charge in [-0.15, -0.1) is 0 Å². The summed E-state index contributed by atoms with van der Waals surface area (Å²) in [5, 5.41) is 3.12. The van der Waals surface area contributed by atoms with Crippen molar-refractivity contribution in [2.75, 3.05) is 26.7 Å². The van der Waals surface area contributed by atoms with Gasteiger partial charge in [0.2, 0.25) is 0 Å². The third kappa shape index (κ3) is 5.39. The second kappa shape index (κ2) is 10.9. The van der Waals surface area contributed by atoms with Crippen molar-refractivity contribution < 1.29 is 19.1 Å². The molecule has 0 spiro atoms. The molecule has 1 N–H and O–H groups in total. The number of carbonyl (C=O) groups is 2. The molecule has 0 aromatic heterocycles. The second-order valence-electron chi connectivity index (χ2n) is 8.56. The van der Waals surface area contributed by atoms with Crippen LogP contribution >= 0.6 is 0 Å². The summed E-state index contributed by atoms with van der Waals surface area (Å²) in [7, 11) is 1.56.